The lowest BCUT2D eigenvalue weighted by Gasteiger charge is -2.12. The molecule has 0 aliphatic heterocycles. The van der Waals surface area contributed by atoms with Crippen molar-refractivity contribution >= 4 is 33.6 Å². The van der Waals surface area contributed by atoms with Crippen LogP contribution in [0.5, 0.6) is 17.2 Å². The molecule has 0 aliphatic carbocycles. The van der Waals surface area contributed by atoms with E-state index in [1.54, 1.807) is 24.3 Å². The average Bonchev–Trinajstić information content (AvgIpc) is 2.60. The lowest BCUT2D eigenvalue weighted by Crippen LogP contribution is -2.09. The van der Waals surface area contributed by atoms with Crippen molar-refractivity contribution in [3.05, 3.63) is 52.5 Å². The van der Waals surface area contributed by atoms with E-state index >= 15 is 0 Å². The van der Waals surface area contributed by atoms with Crippen LogP contribution >= 0.6 is 15.9 Å². The fourth-order valence-corrected chi connectivity index (χ4v) is 2.52. The third-order valence-corrected chi connectivity index (χ3v) is 3.76. The second kappa shape index (κ2) is 9.19. The van der Waals surface area contributed by atoms with Crippen LogP contribution in [0, 0.1) is 0 Å². The van der Waals surface area contributed by atoms with Gasteiger partial charge < -0.3 is 19.5 Å². The molecule has 0 bridgehead atoms. The molecule has 0 radical (unpaired) electrons. The molecule has 0 heterocycles. The Balaban J connectivity index is 2.22. The number of nitrogens with one attached hydrogen (secondary N) is 1. The summed E-state index contributed by atoms with van der Waals surface area (Å²) in [6, 6.07) is 9.77. The number of carbonyl (C=O) groups is 1. The Bertz CT molecular complexity index is 812. The molecular weight excluding hydrogens is 412 g/mol. The maximum atomic E-state index is 12.6. The molecule has 26 heavy (non-hydrogen) atoms. The predicted octanol–water partition coefficient (Wildman–Crippen LogP) is 4.72. The highest BCUT2D eigenvalue weighted by molar-refractivity contribution is 9.10. The van der Waals surface area contributed by atoms with Gasteiger partial charge >= 0.3 is 6.61 Å². The van der Waals surface area contributed by atoms with Gasteiger partial charge in [-0.1, -0.05) is 28.1 Å². The van der Waals surface area contributed by atoms with Crippen LogP contribution in [0.3, 0.4) is 0 Å². The number of benzene rings is 2. The van der Waals surface area contributed by atoms with E-state index in [1.807, 2.05) is 0 Å². The fourth-order valence-electron chi connectivity index (χ4n) is 2.16. The molecule has 2 aromatic rings. The van der Waals surface area contributed by atoms with Gasteiger partial charge in [0, 0.05) is 16.1 Å². The Morgan fingerprint density at radius 1 is 1.15 bits per heavy atom. The highest BCUT2D eigenvalue weighted by Gasteiger charge is 2.14. The maximum Gasteiger partial charge on any atom is 0.387 e. The van der Waals surface area contributed by atoms with E-state index in [0.29, 0.717) is 11.4 Å². The van der Waals surface area contributed by atoms with Crippen molar-refractivity contribution in [1.82, 2.24) is 0 Å². The summed E-state index contributed by atoms with van der Waals surface area (Å²) in [4.78, 5) is 12.2. The predicted molar refractivity (Wildman–Crippen MR) is 98.0 cm³/mol. The molecule has 0 saturated heterocycles. The third-order valence-electron chi connectivity index (χ3n) is 3.27. The van der Waals surface area contributed by atoms with Crippen LogP contribution in [0.25, 0.3) is 6.08 Å². The molecule has 2 aromatic carbocycles. The topological polar surface area (TPSA) is 56.8 Å². The number of para-hydroxylation sites is 1. The Morgan fingerprint density at radius 3 is 2.54 bits per heavy atom. The van der Waals surface area contributed by atoms with Gasteiger partial charge in [-0.15, -0.1) is 0 Å². The monoisotopic (exact) mass is 427 g/mol. The van der Waals surface area contributed by atoms with Crippen molar-refractivity contribution in [3.63, 3.8) is 0 Å². The molecule has 1 N–H and O–H groups in total. The summed E-state index contributed by atoms with van der Waals surface area (Å²) < 4.78 is 40.7. The van der Waals surface area contributed by atoms with Crippen molar-refractivity contribution in [2.45, 2.75) is 6.61 Å². The lowest BCUT2D eigenvalue weighted by molar-refractivity contribution is -0.111. The first-order valence-electron chi connectivity index (χ1n) is 7.39. The van der Waals surface area contributed by atoms with Gasteiger partial charge in [-0.2, -0.15) is 8.78 Å². The lowest BCUT2D eigenvalue weighted by atomic mass is 10.1. The maximum absolute atomic E-state index is 12.6. The van der Waals surface area contributed by atoms with E-state index in [2.05, 4.69) is 26.0 Å². The van der Waals surface area contributed by atoms with Gasteiger partial charge in [0.25, 0.3) is 0 Å². The molecule has 0 spiro atoms. The highest BCUT2D eigenvalue weighted by Crippen LogP contribution is 2.33. The van der Waals surface area contributed by atoms with E-state index < -0.39 is 12.5 Å². The van der Waals surface area contributed by atoms with Gasteiger partial charge in [0.2, 0.25) is 5.91 Å². The minimum absolute atomic E-state index is 0.140. The Labute approximate surface area is 157 Å². The minimum Gasteiger partial charge on any atom is -0.495 e. The number of methoxy groups -OCH3 is 2. The van der Waals surface area contributed by atoms with Gasteiger partial charge in [0.15, 0.2) is 11.5 Å². The summed E-state index contributed by atoms with van der Waals surface area (Å²) in [6.07, 6.45) is 2.56. The second-order valence-corrected chi connectivity index (χ2v) is 5.84. The normalized spacial score (nSPS) is 10.8. The van der Waals surface area contributed by atoms with Crippen molar-refractivity contribution in [2.24, 2.45) is 0 Å². The molecule has 0 aromatic heterocycles. The van der Waals surface area contributed by atoms with Crippen LogP contribution in [0.1, 0.15) is 5.56 Å². The van der Waals surface area contributed by atoms with Crippen molar-refractivity contribution in [2.75, 3.05) is 19.5 Å². The third kappa shape index (κ3) is 5.19. The SMILES string of the molecule is COc1ccc(Br)cc1NC(=O)/C=C/c1cccc(OC)c1OC(F)F. The number of hydrogen-bond donors (Lipinski definition) is 1. The quantitative estimate of drug-likeness (QED) is 0.649. The highest BCUT2D eigenvalue weighted by atomic mass is 79.9. The standard InChI is InChI=1S/C18H16BrF2NO4/c1-24-14-8-7-12(19)10-13(14)22-16(23)9-6-11-4-3-5-15(25-2)17(11)26-18(20)21/h3-10,18H,1-2H3,(H,22,23)/b9-6+. The first-order valence-corrected chi connectivity index (χ1v) is 8.18. The Morgan fingerprint density at radius 2 is 1.88 bits per heavy atom. The number of hydrogen-bond acceptors (Lipinski definition) is 4. The average molecular weight is 428 g/mol. The van der Waals surface area contributed by atoms with E-state index in [1.165, 1.54) is 38.5 Å². The van der Waals surface area contributed by atoms with Crippen LogP contribution < -0.4 is 19.5 Å². The van der Waals surface area contributed by atoms with E-state index in [9.17, 15) is 13.6 Å². The Hall–Kier alpha value is -2.61. The summed E-state index contributed by atoms with van der Waals surface area (Å²) in [5.74, 6) is 0.0147. The summed E-state index contributed by atoms with van der Waals surface area (Å²) in [7, 11) is 2.83. The second-order valence-electron chi connectivity index (χ2n) is 4.92. The molecule has 2 rings (SSSR count). The number of alkyl halides is 2. The van der Waals surface area contributed by atoms with Crippen molar-refractivity contribution < 1.29 is 27.8 Å². The number of carbonyl (C=O) groups excluding carboxylic acids is 1. The van der Waals surface area contributed by atoms with Gasteiger partial charge in [-0.25, -0.2) is 0 Å². The number of ether oxygens (including phenoxy) is 3. The van der Waals surface area contributed by atoms with E-state index in [0.717, 1.165) is 4.47 Å². The largest absolute Gasteiger partial charge is 0.495 e. The van der Waals surface area contributed by atoms with Crippen molar-refractivity contribution in [3.8, 4) is 17.2 Å². The van der Waals surface area contributed by atoms with Crippen LogP contribution in [0.15, 0.2) is 46.9 Å². The van der Waals surface area contributed by atoms with Crippen LogP contribution in [0.2, 0.25) is 0 Å². The summed E-state index contributed by atoms with van der Waals surface area (Å²) in [5.41, 5.74) is 0.743. The zero-order chi connectivity index (χ0) is 19.1. The first-order chi connectivity index (χ1) is 12.4. The van der Waals surface area contributed by atoms with Crippen LogP contribution in [0.4, 0.5) is 14.5 Å². The molecule has 0 saturated carbocycles. The molecule has 0 aliphatic rings. The van der Waals surface area contributed by atoms with Gasteiger partial charge in [-0.05, 0) is 30.3 Å². The van der Waals surface area contributed by atoms with Gasteiger partial charge in [0.1, 0.15) is 5.75 Å². The smallest absolute Gasteiger partial charge is 0.387 e. The zero-order valence-corrected chi connectivity index (χ0v) is 15.5. The molecular formula is C18H16BrF2NO4. The van der Waals surface area contributed by atoms with E-state index in [4.69, 9.17) is 9.47 Å². The fraction of sp³-hybridized carbons (Fsp3) is 0.167. The van der Waals surface area contributed by atoms with Gasteiger partial charge in [-0.3, -0.25) is 4.79 Å². The zero-order valence-electron chi connectivity index (χ0n) is 14.0. The molecule has 0 fully saturated rings. The van der Waals surface area contributed by atoms with Crippen LogP contribution in [-0.4, -0.2) is 26.7 Å². The number of rotatable bonds is 7. The minimum atomic E-state index is -3.02. The van der Waals surface area contributed by atoms with Crippen molar-refractivity contribution in [1.29, 1.82) is 0 Å². The molecule has 0 unspecified atom stereocenters. The molecule has 1 amide bonds. The number of anilines is 1. The molecule has 5 nitrogen and oxygen atoms in total. The summed E-state index contributed by atoms with van der Waals surface area (Å²) in [5, 5.41) is 2.66. The summed E-state index contributed by atoms with van der Waals surface area (Å²) >= 11 is 3.31. The number of halogens is 3. The van der Waals surface area contributed by atoms with E-state index in [-0.39, 0.29) is 17.1 Å². The number of amides is 1. The van der Waals surface area contributed by atoms with Gasteiger partial charge in [0.05, 0.1) is 19.9 Å². The Kier molecular flexibility index (Phi) is 6.97. The molecule has 138 valence electrons. The first kappa shape index (κ1) is 19.7. The molecule has 8 heteroatoms. The summed E-state index contributed by atoms with van der Waals surface area (Å²) in [6.45, 7) is -3.02. The molecule has 0 atom stereocenters. The van der Waals surface area contributed by atoms with Crippen LogP contribution in [-0.2, 0) is 4.79 Å².